The molecule has 1 aliphatic carbocycles. The van der Waals surface area contributed by atoms with Crippen LogP contribution in [0.2, 0.25) is 0 Å². The molecule has 0 saturated heterocycles. The Morgan fingerprint density at radius 1 is 0.971 bits per heavy atom. The molecule has 1 aliphatic rings. The van der Waals surface area contributed by atoms with Crippen LogP contribution in [-0.4, -0.2) is 15.1 Å². The second kappa shape index (κ2) is 7.88. The Labute approximate surface area is 194 Å². The molecule has 1 unspecified atom stereocenters. The van der Waals surface area contributed by atoms with Crippen LogP contribution >= 0.6 is 0 Å². The fraction of sp³-hybridized carbons (Fsp3) is 0.346. The lowest BCUT2D eigenvalue weighted by Gasteiger charge is -2.42. The Bertz CT molecular complexity index is 1270. The highest BCUT2D eigenvalue weighted by atomic mass is 19.4. The van der Waals surface area contributed by atoms with Crippen LogP contribution < -0.4 is 0 Å². The second-order valence-electron chi connectivity index (χ2n) is 9.73. The van der Waals surface area contributed by atoms with E-state index in [2.05, 4.69) is 16.0 Å². The molecule has 0 amide bonds. The first-order valence-corrected chi connectivity index (χ1v) is 10.7. The van der Waals surface area contributed by atoms with Crippen LogP contribution in [0.3, 0.4) is 0 Å². The van der Waals surface area contributed by atoms with Crippen LogP contribution in [-0.2, 0) is 17.2 Å². The zero-order valence-corrected chi connectivity index (χ0v) is 18.9. The summed E-state index contributed by atoms with van der Waals surface area (Å²) >= 11 is 0. The van der Waals surface area contributed by atoms with Gasteiger partial charge in [0, 0.05) is 29.1 Å². The van der Waals surface area contributed by atoms with Gasteiger partial charge in [0.1, 0.15) is 17.7 Å². The summed E-state index contributed by atoms with van der Waals surface area (Å²) < 4.78 is 57.8. The lowest BCUT2D eigenvalue weighted by Crippen LogP contribution is -2.42. The topological polar surface area (TPSA) is 69.8 Å². The van der Waals surface area contributed by atoms with Gasteiger partial charge in [-0.25, -0.2) is 14.4 Å². The average Bonchev–Trinajstić information content (AvgIpc) is 3.59. The van der Waals surface area contributed by atoms with Crippen molar-refractivity contribution >= 4 is 0 Å². The van der Waals surface area contributed by atoms with Gasteiger partial charge in [-0.1, -0.05) is 45.0 Å². The van der Waals surface area contributed by atoms with Crippen LogP contribution in [0.4, 0.5) is 17.6 Å². The van der Waals surface area contributed by atoms with Gasteiger partial charge in [-0.2, -0.15) is 18.4 Å². The van der Waals surface area contributed by atoms with E-state index in [9.17, 15) is 27.9 Å². The number of nitrogens with zero attached hydrogens (tertiary/aromatic N) is 3. The normalized spacial score (nSPS) is 17.0. The van der Waals surface area contributed by atoms with Crippen LogP contribution in [0.5, 0.6) is 0 Å². The van der Waals surface area contributed by atoms with Gasteiger partial charge < -0.3 is 5.11 Å². The number of nitriles is 1. The van der Waals surface area contributed by atoms with E-state index in [0.717, 1.165) is 6.07 Å². The minimum Gasteiger partial charge on any atom is -0.380 e. The van der Waals surface area contributed by atoms with Gasteiger partial charge in [-0.05, 0) is 41.5 Å². The van der Waals surface area contributed by atoms with E-state index in [1.54, 1.807) is 26.8 Å². The Hall–Kier alpha value is -3.31. The number of rotatable bonds is 4. The molecule has 3 aromatic rings. The van der Waals surface area contributed by atoms with E-state index in [1.807, 2.05) is 0 Å². The van der Waals surface area contributed by atoms with E-state index in [4.69, 9.17) is 0 Å². The molecule has 0 spiro atoms. The van der Waals surface area contributed by atoms with Crippen molar-refractivity contribution in [3.05, 3.63) is 83.2 Å². The molecule has 1 fully saturated rings. The molecule has 1 saturated carbocycles. The summed E-state index contributed by atoms with van der Waals surface area (Å²) in [6.45, 7) is 4.86. The van der Waals surface area contributed by atoms with E-state index in [0.29, 0.717) is 18.4 Å². The zero-order chi connectivity index (χ0) is 24.9. The smallest absolute Gasteiger partial charge is 0.380 e. The molecule has 1 N–H and O–H groups in total. The molecule has 2 aromatic carbocycles. The number of alkyl halides is 3. The van der Waals surface area contributed by atoms with Crippen LogP contribution in [0.25, 0.3) is 11.1 Å². The molecule has 4 rings (SSSR count). The lowest BCUT2D eigenvalue weighted by atomic mass is 9.67. The summed E-state index contributed by atoms with van der Waals surface area (Å²) in [5.41, 5.74) is -4.67. The largest absolute Gasteiger partial charge is 0.416 e. The third-order valence-electron chi connectivity index (χ3n) is 6.58. The molecule has 0 radical (unpaired) electrons. The number of benzene rings is 2. The summed E-state index contributed by atoms with van der Waals surface area (Å²) in [5, 5.41) is 21.1. The van der Waals surface area contributed by atoms with E-state index in [-0.39, 0.29) is 22.3 Å². The van der Waals surface area contributed by atoms with Gasteiger partial charge in [0.2, 0.25) is 0 Å². The fourth-order valence-electron chi connectivity index (χ4n) is 4.38. The number of aliphatic hydroxyl groups is 1. The van der Waals surface area contributed by atoms with Crippen molar-refractivity contribution in [2.75, 3.05) is 0 Å². The maximum Gasteiger partial charge on any atom is 0.416 e. The Morgan fingerprint density at radius 2 is 1.62 bits per heavy atom. The van der Waals surface area contributed by atoms with Crippen molar-refractivity contribution in [1.82, 2.24) is 9.97 Å². The average molecular weight is 469 g/mol. The van der Waals surface area contributed by atoms with E-state index < -0.39 is 34.0 Å². The molecule has 1 atom stereocenters. The number of aromatic nitrogens is 2. The monoisotopic (exact) mass is 469 g/mol. The van der Waals surface area contributed by atoms with Gasteiger partial charge in [-0.3, -0.25) is 0 Å². The summed E-state index contributed by atoms with van der Waals surface area (Å²) in [5.74, 6) is -0.706. The van der Waals surface area contributed by atoms with Gasteiger partial charge >= 0.3 is 6.18 Å². The standard InChI is InChI=1S/C26H23F4N3O/c1-23(2,3)25(34,18-12-32-15-33-13-18)20-7-4-16(10-21(20)26(28,29)30)19-6-5-17(11-22(19)27)24(14-31)8-9-24/h4-7,10-13,15,34H,8-9H2,1-3H3. The highest BCUT2D eigenvalue weighted by molar-refractivity contribution is 5.67. The van der Waals surface area contributed by atoms with Crippen molar-refractivity contribution in [1.29, 1.82) is 5.26 Å². The highest BCUT2D eigenvalue weighted by Crippen LogP contribution is 2.50. The number of hydrogen-bond acceptors (Lipinski definition) is 4. The Morgan fingerprint density at radius 3 is 2.12 bits per heavy atom. The first kappa shape index (κ1) is 23.8. The molecule has 1 aromatic heterocycles. The predicted molar refractivity (Wildman–Crippen MR) is 118 cm³/mol. The summed E-state index contributed by atoms with van der Waals surface area (Å²) in [4.78, 5) is 7.75. The quantitative estimate of drug-likeness (QED) is 0.466. The lowest BCUT2D eigenvalue weighted by molar-refractivity contribution is -0.142. The number of halogens is 4. The van der Waals surface area contributed by atoms with E-state index in [1.165, 1.54) is 43.0 Å². The molecule has 8 heteroatoms. The maximum absolute atomic E-state index is 15.0. The first-order valence-electron chi connectivity index (χ1n) is 10.7. The van der Waals surface area contributed by atoms with Crippen LogP contribution in [0.15, 0.2) is 55.1 Å². The van der Waals surface area contributed by atoms with Gasteiger partial charge in [-0.15, -0.1) is 0 Å². The fourth-order valence-corrected chi connectivity index (χ4v) is 4.38. The molecule has 34 heavy (non-hydrogen) atoms. The maximum atomic E-state index is 15.0. The molecular formula is C26H23F4N3O. The zero-order valence-electron chi connectivity index (χ0n) is 18.9. The third kappa shape index (κ3) is 3.84. The molecule has 0 aliphatic heterocycles. The third-order valence-corrected chi connectivity index (χ3v) is 6.58. The van der Waals surface area contributed by atoms with Gasteiger partial charge in [0.05, 0.1) is 17.0 Å². The molecule has 176 valence electrons. The molecule has 1 heterocycles. The van der Waals surface area contributed by atoms with E-state index >= 15 is 0 Å². The number of hydrogen-bond donors (Lipinski definition) is 1. The van der Waals surface area contributed by atoms with Crippen molar-refractivity contribution < 1.29 is 22.7 Å². The van der Waals surface area contributed by atoms with Crippen molar-refractivity contribution in [2.45, 2.75) is 50.8 Å². The van der Waals surface area contributed by atoms with Crippen LogP contribution in [0.1, 0.15) is 55.9 Å². The Kier molecular flexibility index (Phi) is 5.52. The molecular weight excluding hydrogens is 446 g/mol. The summed E-state index contributed by atoms with van der Waals surface area (Å²) in [6, 6.07) is 9.79. The predicted octanol–water partition coefficient (Wildman–Crippen LogP) is 6.14. The first-order chi connectivity index (χ1) is 15.8. The van der Waals surface area contributed by atoms with Crippen molar-refractivity contribution in [3.8, 4) is 17.2 Å². The van der Waals surface area contributed by atoms with Gasteiger partial charge in [0.15, 0.2) is 0 Å². The van der Waals surface area contributed by atoms with Crippen LogP contribution in [0, 0.1) is 22.6 Å². The highest BCUT2D eigenvalue weighted by Gasteiger charge is 2.49. The molecule has 0 bridgehead atoms. The van der Waals surface area contributed by atoms with Crippen molar-refractivity contribution in [3.63, 3.8) is 0 Å². The van der Waals surface area contributed by atoms with Gasteiger partial charge in [0.25, 0.3) is 0 Å². The Balaban J connectivity index is 1.89. The summed E-state index contributed by atoms with van der Waals surface area (Å²) in [7, 11) is 0. The SMILES string of the molecule is CC(C)(C)C(O)(c1cncnc1)c1ccc(-c2ccc(C3(C#N)CC3)cc2F)cc1C(F)(F)F. The minimum absolute atomic E-state index is 0.0162. The second-order valence-corrected chi connectivity index (χ2v) is 9.73. The van der Waals surface area contributed by atoms with Crippen molar-refractivity contribution in [2.24, 2.45) is 5.41 Å². The molecule has 4 nitrogen and oxygen atoms in total. The summed E-state index contributed by atoms with van der Waals surface area (Å²) in [6.07, 6.45) is 0.231. The minimum atomic E-state index is -4.82.